The van der Waals surface area contributed by atoms with Crippen molar-refractivity contribution in [2.75, 3.05) is 13.1 Å². The Balaban J connectivity index is 1.82. The SMILES string of the molecule is CC(C)(C)OC(=O)N1CCC(Cc2ccnc(Cl)c2)CC1. The lowest BCUT2D eigenvalue weighted by Gasteiger charge is -2.33. The van der Waals surface area contributed by atoms with E-state index in [-0.39, 0.29) is 6.09 Å². The van der Waals surface area contributed by atoms with Crippen molar-refractivity contribution in [1.82, 2.24) is 9.88 Å². The molecular weight excluding hydrogens is 288 g/mol. The molecule has 1 fully saturated rings. The number of pyridine rings is 1. The van der Waals surface area contributed by atoms with Gasteiger partial charge in [0.1, 0.15) is 10.8 Å². The highest BCUT2D eigenvalue weighted by molar-refractivity contribution is 6.29. The first-order valence-corrected chi connectivity index (χ1v) is 7.79. The maximum Gasteiger partial charge on any atom is 0.410 e. The smallest absolute Gasteiger partial charge is 0.410 e. The highest BCUT2D eigenvalue weighted by atomic mass is 35.5. The number of amides is 1. The van der Waals surface area contributed by atoms with E-state index in [9.17, 15) is 4.79 Å². The monoisotopic (exact) mass is 310 g/mol. The first kappa shape index (κ1) is 16.1. The summed E-state index contributed by atoms with van der Waals surface area (Å²) in [6.07, 6.45) is 4.53. The Morgan fingerprint density at radius 3 is 2.67 bits per heavy atom. The average Bonchev–Trinajstić information content (AvgIpc) is 2.37. The van der Waals surface area contributed by atoms with Crippen molar-refractivity contribution >= 4 is 17.7 Å². The molecule has 116 valence electrons. The molecule has 2 rings (SSSR count). The molecule has 2 heterocycles. The molecule has 1 aromatic rings. The van der Waals surface area contributed by atoms with E-state index in [0.29, 0.717) is 11.1 Å². The van der Waals surface area contributed by atoms with E-state index in [1.165, 1.54) is 5.56 Å². The molecule has 1 amide bonds. The van der Waals surface area contributed by atoms with E-state index in [0.717, 1.165) is 32.4 Å². The number of likely N-dealkylation sites (tertiary alicyclic amines) is 1. The minimum Gasteiger partial charge on any atom is -0.444 e. The zero-order chi connectivity index (χ0) is 15.5. The third-order valence-electron chi connectivity index (χ3n) is 3.58. The number of ether oxygens (including phenoxy) is 1. The maximum absolute atomic E-state index is 12.0. The van der Waals surface area contributed by atoms with Crippen molar-refractivity contribution in [3.8, 4) is 0 Å². The van der Waals surface area contributed by atoms with Gasteiger partial charge in [-0.25, -0.2) is 9.78 Å². The van der Waals surface area contributed by atoms with Crippen LogP contribution in [0.15, 0.2) is 18.3 Å². The van der Waals surface area contributed by atoms with Crippen LogP contribution in [0.1, 0.15) is 39.2 Å². The molecule has 0 aliphatic carbocycles. The molecule has 1 aliphatic rings. The molecule has 5 heteroatoms. The summed E-state index contributed by atoms with van der Waals surface area (Å²) >= 11 is 5.91. The number of carbonyl (C=O) groups is 1. The molecule has 1 aromatic heterocycles. The number of halogens is 1. The van der Waals surface area contributed by atoms with Crippen molar-refractivity contribution < 1.29 is 9.53 Å². The third-order valence-corrected chi connectivity index (χ3v) is 3.79. The van der Waals surface area contributed by atoms with Gasteiger partial charge in [-0.1, -0.05) is 11.6 Å². The molecule has 0 atom stereocenters. The quantitative estimate of drug-likeness (QED) is 0.777. The summed E-state index contributed by atoms with van der Waals surface area (Å²) in [6, 6.07) is 3.92. The van der Waals surface area contributed by atoms with Crippen LogP contribution in [0.4, 0.5) is 4.79 Å². The van der Waals surface area contributed by atoms with Gasteiger partial charge in [0.15, 0.2) is 0 Å². The highest BCUT2D eigenvalue weighted by Gasteiger charge is 2.26. The van der Waals surface area contributed by atoms with Crippen molar-refractivity contribution in [2.45, 2.75) is 45.6 Å². The summed E-state index contributed by atoms with van der Waals surface area (Å²) in [5.74, 6) is 0.585. The Bertz CT molecular complexity index is 491. The van der Waals surface area contributed by atoms with Crippen LogP contribution in [0.25, 0.3) is 0 Å². The molecular formula is C16H23ClN2O2. The van der Waals surface area contributed by atoms with Crippen LogP contribution < -0.4 is 0 Å². The van der Waals surface area contributed by atoms with Crippen LogP contribution >= 0.6 is 11.6 Å². The molecule has 1 aliphatic heterocycles. The second-order valence-corrected chi connectivity index (χ2v) is 6.99. The van der Waals surface area contributed by atoms with E-state index in [4.69, 9.17) is 16.3 Å². The topological polar surface area (TPSA) is 42.4 Å². The predicted molar refractivity (Wildman–Crippen MR) is 83.5 cm³/mol. The van der Waals surface area contributed by atoms with Gasteiger partial charge >= 0.3 is 6.09 Å². The van der Waals surface area contributed by atoms with Gasteiger partial charge in [0.25, 0.3) is 0 Å². The van der Waals surface area contributed by atoms with Crippen LogP contribution in [0.2, 0.25) is 5.15 Å². The molecule has 0 bridgehead atoms. The Morgan fingerprint density at radius 1 is 1.43 bits per heavy atom. The lowest BCUT2D eigenvalue weighted by molar-refractivity contribution is 0.0184. The number of hydrogen-bond acceptors (Lipinski definition) is 3. The summed E-state index contributed by atoms with van der Waals surface area (Å²) in [7, 11) is 0. The average molecular weight is 311 g/mol. The second-order valence-electron chi connectivity index (χ2n) is 6.60. The van der Waals surface area contributed by atoms with Crippen LogP contribution in [-0.2, 0) is 11.2 Å². The highest BCUT2D eigenvalue weighted by Crippen LogP contribution is 2.23. The minimum absolute atomic E-state index is 0.201. The molecule has 0 radical (unpaired) electrons. The predicted octanol–water partition coefficient (Wildman–Crippen LogP) is 3.92. The van der Waals surface area contributed by atoms with E-state index >= 15 is 0 Å². The van der Waals surface area contributed by atoms with Crippen LogP contribution in [-0.4, -0.2) is 34.7 Å². The van der Waals surface area contributed by atoms with Crippen molar-refractivity contribution in [3.05, 3.63) is 29.0 Å². The summed E-state index contributed by atoms with van der Waals surface area (Å²) in [6.45, 7) is 7.21. The van der Waals surface area contributed by atoms with Crippen molar-refractivity contribution in [2.24, 2.45) is 5.92 Å². The van der Waals surface area contributed by atoms with Gasteiger partial charge in [0.2, 0.25) is 0 Å². The summed E-state index contributed by atoms with van der Waals surface area (Å²) in [4.78, 5) is 17.8. The van der Waals surface area contributed by atoms with Crippen molar-refractivity contribution in [1.29, 1.82) is 0 Å². The molecule has 0 unspecified atom stereocenters. The van der Waals surface area contributed by atoms with Gasteiger partial charge in [0, 0.05) is 19.3 Å². The fourth-order valence-corrected chi connectivity index (χ4v) is 2.75. The first-order chi connectivity index (χ1) is 9.83. The number of nitrogens with zero attached hydrogens (tertiary/aromatic N) is 2. The molecule has 4 nitrogen and oxygen atoms in total. The second kappa shape index (κ2) is 6.65. The molecule has 21 heavy (non-hydrogen) atoms. The largest absolute Gasteiger partial charge is 0.444 e. The minimum atomic E-state index is -0.429. The Hall–Kier alpha value is -1.29. The van der Waals surface area contributed by atoms with Gasteiger partial charge in [0.05, 0.1) is 0 Å². The standard InChI is InChI=1S/C16H23ClN2O2/c1-16(2,3)21-15(20)19-8-5-12(6-9-19)10-13-4-7-18-14(17)11-13/h4,7,11-12H,5-6,8-10H2,1-3H3. The van der Waals surface area contributed by atoms with E-state index < -0.39 is 5.60 Å². The van der Waals surface area contributed by atoms with Crippen LogP contribution in [0.5, 0.6) is 0 Å². The molecule has 0 saturated carbocycles. The van der Waals surface area contributed by atoms with Crippen molar-refractivity contribution in [3.63, 3.8) is 0 Å². The van der Waals surface area contributed by atoms with Gasteiger partial charge in [-0.3, -0.25) is 0 Å². The van der Waals surface area contributed by atoms with Gasteiger partial charge in [-0.05, 0) is 63.6 Å². The summed E-state index contributed by atoms with van der Waals surface area (Å²) in [5, 5.41) is 0.540. The zero-order valence-electron chi connectivity index (χ0n) is 12.9. The number of hydrogen-bond donors (Lipinski definition) is 0. The third kappa shape index (κ3) is 5.20. The van der Waals surface area contributed by atoms with Crippen LogP contribution in [0.3, 0.4) is 0 Å². The number of piperidine rings is 1. The van der Waals surface area contributed by atoms with Gasteiger partial charge in [-0.15, -0.1) is 0 Å². The molecule has 1 saturated heterocycles. The number of aromatic nitrogens is 1. The van der Waals surface area contributed by atoms with Gasteiger partial charge in [-0.2, -0.15) is 0 Å². The Labute approximate surface area is 131 Å². The maximum atomic E-state index is 12.0. The first-order valence-electron chi connectivity index (χ1n) is 7.42. The van der Waals surface area contributed by atoms with E-state index in [1.54, 1.807) is 11.1 Å². The summed E-state index contributed by atoms with van der Waals surface area (Å²) < 4.78 is 5.41. The van der Waals surface area contributed by atoms with Crippen LogP contribution in [0, 0.1) is 5.92 Å². The Morgan fingerprint density at radius 2 is 2.10 bits per heavy atom. The summed E-state index contributed by atoms with van der Waals surface area (Å²) in [5.41, 5.74) is 0.785. The van der Waals surface area contributed by atoms with E-state index in [2.05, 4.69) is 4.98 Å². The zero-order valence-corrected chi connectivity index (χ0v) is 13.7. The van der Waals surface area contributed by atoms with E-state index in [1.807, 2.05) is 32.9 Å². The lowest BCUT2D eigenvalue weighted by atomic mass is 9.91. The molecule has 0 aromatic carbocycles. The normalized spacial score (nSPS) is 16.9. The van der Waals surface area contributed by atoms with Gasteiger partial charge < -0.3 is 9.64 Å². The Kier molecular flexibility index (Phi) is 5.09. The number of carbonyl (C=O) groups excluding carboxylic acids is 1. The fourth-order valence-electron chi connectivity index (χ4n) is 2.55. The molecule has 0 N–H and O–H groups in total. The lowest BCUT2D eigenvalue weighted by Crippen LogP contribution is -2.42. The molecule has 0 spiro atoms. The number of rotatable bonds is 2. The fraction of sp³-hybridized carbons (Fsp3) is 0.625.